The van der Waals surface area contributed by atoms with Crippen molar-refractivity contribution in [1.82, 2.24) is 14.5 Å². The first kappa shape index (κ1) is 12.9. The van der Waals surface area contributed by atoms with Gasteiger partial charge >= 0.3 is 0 Å². The van der Waals surface area contributed by atoms with Crippen molar-refractivity contribution in [3.05, 3.63) is 17.2 Å². The van der Waals surface area contributed by atoms with Crippen molar-refractivity contribution in [2.24, 2.45) is 12.8 Å². The second-order valence-corrected chi connectivity index (χ2v) is 5.47. The molecule has 5 heteroatoms. The lowest BCUT2D eigenvalue weighted by Crippen LogP contribution is -2.49. The van der Waals surface area contributed by atoms with Gasteiger partial charge in [0.05, 0.1) is 12.2 Å². The van der Waals surface area contributed by atoms with Crippen LogP contribution in [0.1, 0.15) is 38.6 Å². The lowest BCUT2D eigenvalue weighted by molar-refractivity contribution is 0.0872. The highest BCUT2D eigenvalue weighted by Crippen LogP contribution is 2.31. The third kappa shape index (κ3) is 2.34. The molecule has 1 aliphatic rings. The minimum Gasteiger partial charge on any atom is -0.326 e. The Labute approximate surface area is 108 Å². The summed E-state index contributed by atoms with van der Waals surface area (Å²) in [6, 6.07) is 0.798. The van der Waals surface area contributed by atoms with Crippen molar-refractivity contribution in [1.29, 1.82) is 0 Å². The summed E-state index contributed by atoms with van der Waals surface area (Å²) in [5.74, 6) is 0.982. The topological polar surface area (TPSA) is 47.1 Å². The van der Waals surface area contributed by atoms with Gasteiger partial charge in [0.25, 0.3) is 0 Å². The van der Waals surface area contributed by atoms with Gasteiger partial charge in [-0.1, -0.05) is 11.6 Å². The largest absolute Gasteiger partial charge is 0.326 e. The monoisotopic (exact) mass is 256 g/mol. The number of halogens is 1. The Bertz CT molecular complexity index is 388. The molecule has 0 aromatic carbocycles. The second kappa shape index (κ2) is 4.96. The zero-order chi connectivity index (χ0) is 12.6. The molecule has 2 atom stereocenters. The lowest BCUT2D eigenvalue weighted by Gasteiger charge is -2.41. The molecule has 0 radical (unpaired) electrons. The number of piperidine rings is 1. The van der Waals surface area contributed by atoms with E-state index in [2.05, 4.69) is 23.7 Å². The highest BCUT2D eigenvalue weighted by Gasteiger charge is 2.34. The fourth-order valence-corrected chi connectivity index (χ4v) is 2.78. The average molecular weight is 257 g/mol. The highest BCUT2D eigenvalue weighted by molar-refractivity contribution is 6.29. The van der Waals surface area contributed by atoms with E-state index in [0.29, 0.717) is 11.2 Å². The minimum absolute atomic E-state index is 0.142. The van der Waals surface area contributed by atoms with Gasteiger partial charge < -0.3 is 10.3 Å². The third-order valence-electron chi connectivity index (χ3n) is 3.61. The van der Waals surface area contributed by atoms with Crippen molar-refractivity contribution in [2.75, 3.05) is 6.54 Å². The van der Waals surface area contributed by atoms with Crippen molar-refractivity contribution < 1.29 is 0 Å². The Hall–Kier alpha value is -0.580. The summed E-state index contributed by atoms with van der Waals surface area (Å²) in [5, 5.41) is 0.668. The van der Waals surface area contributed by atoms with Crippen molar-refractivity contribution in [3.8, 4) is 0 Å². The van der Waals surface area contributed by atoms with E-state index >= 15 is 0 Å². The Morgan fingerprint density at radius 1 is 1.53 bits per heavy atom. The molecule has 0 spiro atoms. The summed E-state index contributed by atoms with van der Waals surface area (Å²) in [6.07, 6.45) is 3.92. The molecular weight excluding hydrogens is 236 g/mol. The van der Waals surface area contributed by atoms with Crippen LogP contribution in [0.4, 0.5) is 0 Å². The van der Waals surface area contributed by atoms with Crippen molar-refractivity contribution in [2.45, 2.75) is 44.8 Å². The van der Waals surface area contributed by atoms with Crippen LogP contribution in [0, 0.1) is 0 Å². The third-order valence-corrected chi connectivity index (χ3v) is 3.96. The van der Waals surface area contributed by atoms with Crippen LogP contribution in [0.2, 0.25) is 5.15 Å². The molecule has 96 valence electrons. The molecule has 2 unspecified atom stereocenters. The summed E-state index contributed by atoms with van der Waals surface area (Å²) in [7, 11) is 1.95. The van der Waals surface area contributed by atoms with E-state index in [0.717, 1.165) is 25.2 Å². The number of aromatic nitrogens is 2. The van der Waals surface area contributed by atoms with Gasteiger partial charge in [-0.2, -0.15) is 0 Å². The van der Waals surface area contributed by atoms with Crippen LogP contribution in [0.15, 0.2) is 6.20 Å². The molecule has 0 aliphatic carbocycles. The normalized spacial score (nSPS) is 26.7. The molecule has 4 nitrogen and oxygen atoms in total. The van der Waals surface area contributed by atoms with E-state index in [1.165, 1.54) is 0 Å². The predicted octanol–water partition coefficient (Wildman–Crippen LogP) is 1.95. The zero-order valence-corrected chi connectivity index (χ0v) is 11.5. The van der Waals surface area contributed by atoms with Crippen LogP contribution < -0.4 is 5.73 Å². The molecule has 1 aromatic rings. The SMILES string of the molecule is CC(C)N1CCCC(N)C1c1ncc(Cl)n1C. The molecular formula is C12H21ClN4. The first-order valence-electron chi connectivity index (χ1n) is 6.20. The van der Waals surface area contributed by atoms with Crippen LogP contribution in [0.5, 0.6) is 0 Å². The van der Waals surface area contributed by atoms with Crippen molar-refractivity contribution in [3.63, 3.8) is 0 Å². The minimum atomic E-state index is 0.142. The van der Waals surface area contributed by atoms with Crippen LogP contribution >= 0.6 is 11.6 Å². The maximum Gasteiger partial charge on any atom is 0.128 e. The van der Waals surface area contributed by atoms with Gasteiger partial charge in [-0.25, -0.2) is 4.98 Å². The van der Waals surface area contributed by atoms with Gasteiger partial charge in [0.15, 0.2) is 0 Å². The van der Waals surface area contributed by atoms with Crippen LogP contribution in [-0.4, -0.2) is 33.1 Å². The van der Waals surface area contributed by atoms with E-state index in [1.54, 1.807) is 6.20 Å². The maximum atomic E-state index is 6.28. The Morgan fingerprint density at radius 2 is 2.24 bits per heavy atom. The van der Waals surface area contributed by atoms with Gasteiger partial charge in [0.2, 0.25) is 0 Å². The number of likely N-dealkylation sites (tertiary alicyclic amines) is 1. The summed E-state index contributed by atoms with van der Waals surface area (Å²) in [5.41, 5.74) is 6.28. The maximum absolute atomic E-state index is 6.28. The molecule has 1 fully saturated rings. The molecule has 1 aliphatic heterocycles. The van der Waals surface area contributed by atoms with Gasteiger partial charge in [-0.15, -0.1) is 0 Å². The molecule has 2 N–H and O–H groups in total. The molecule has 1 saturated heterocycles. The number of hydrogen-bond donors (Lipinski definition) is 1. The smallest absolute Gasteiger partial charge is 0.128 e. The number of nitrogens with zero attached hydrogens (tertiary/aromatic N) is 3. The van der Waals surface area contributed by atoms with E-state index in [-0.39, 0.29) is 12.1 Å². The number of nitrogens with two attached hydrogens (primary N) is 1. The summed E-state index contributed by atoms with van der Waals surface area (Å²) >= 11 is 6.06. The Balaban J connectivity index is 2.34. The fourth-order valence-electron chi connectivity index (χ4n) is 2.65. The average Bonchev–Trinajstić information content (AvgIpc) is 2.60. The van der Waals surface area contributed by atoms with E-state index in [9.17, 15) is 0 Å². The molecule has 0 bridgehead atoms. The summed E-state index contributed by atoms with van der Waals surface area (Å²) in [6.45, 7) is 5.49. The molecule has 2 heterocycles. The summed E-state index contributed by atoms with van der Waals surface area (Å²) < 4.78 is 1.94. The lowest BCUT2D eigenvalue weighted by atomic mass is 9.95. The summed E-state index contributed by atoms with van der Waals surface area (Å²) in [4.78, 5) is 6.85. The first-order valence-corrected chi connectivity index (χ1v) is 6.58. The van der Waals surface area contributed by atoms with Gasteiger partial charge in [0, 0.05) is 19.1 Å². The van der Waals surface area contributed by atoms with Crippen LogP contribution in [0.3, 0.4) is 0 Å². The standard InChI is InChI=1S/C12H21ClN4/c1-8(2)17-6-4-5-9(14)11(17)12-15-7-10(13)16(12)3/h7-9,11H,4-6,14H2,1-3H3. The molecule has 17 heavy (non-hydrogen) atoms. The number of hydrogen-bond acceptors (Lipinski definition) is 3. The second-order valence-electron chi connectivity index (χ2n) is 5.08. The fraction of sp³-hybridized carbons (Fsp3) is 0.750. The van der Waals surface area contributed by atoms with Crippen LogP contribution in [0.25, 0.3) is 0 Å². The molecule has 0 amide bonds. The van der Waals surface area contributed by atoms with Gasteiger partial charge in [-0.05, 0) is 33.2 Å². The van der Waals surface area contributed by atoms with Crippen LogP contribution in [-0.2, 0) is 7.05 Å². The quantitative estimate of drug-likeness (QED) is 0.880. The van der Waals surface area contributed by atoms with E-state index < -0.39 is 0 Å². The molecule has 0 saturated carbocycles. The zero-order valence-electron chi connectivity index (χ0n) is 10.7. The van der Waals surface area contributed by atoms with Gasteiger partial charge in [0.1, 0.15) is 11.0 Å². The van der Waals surface area contributed by atoms with Crippen molar-refractivity contribution >= 4 is 11.6 Å². The Morgan fingerprint density at radius 3 is 2.76 bits per heavy atom. The molecule has 1 aromatic heterocycles. The predicted molar refractivity (Wildman–Crippen MR) is 70.0 cm³/mol. The van der Waals surface area contributed by atoms with E-state index in [4.69, 9.17) is 17.3 Å². The van der Waals surface area contributed by atoms with Gasteiger partial charge in [-0.3, -0.25) is 4.90 Å². The molecule has 2 rings (SSSR count). The Kier molecular flexibility index (Phi) is 3.76. The first-order chi connectivity index (χ1) is 8.02. The number of rotatable bonds is 2. The number of imidazole rings is 1. The highest BCUT2D eigenvalue weighted by atomic mass is 35.5. The van der Waals surface area contributed by atoms with E-state index in [1.807, 2.05) is 11.6 Å².